The zero-order valence-corrected chi connectivity index (χ0v) is 20.8. The molecule has 4 aromatic rings. The Bertz CT molecular complexity index is 1450. The first-order valence-corrected chi connectivity index (χ1v) is 12.7. The number of nitrogens with zero attached hydrogens (tertiary/aromatic N) is 2. The largest absolute Gasteiger partial charge is 0.345 e. The van der Waals surface area contributed by atoms with Crippen molar-refractivity contribution in [1.29, 1.82) is 0 Å². The molecule has 1 atom stereocenters. The van der Waals surface area contributed by atoms with E-state index < -0.39 is 0 Å². The Morgan fingerprint density at radius 1 is 0.946 bits per heavy atom. The SMILES string of the molecule is C[C@@H](NC(=O)c1ccccc1NC(=O)CN1CCC(n2c(=O)[nH]c3ccccc32)CC1)c1ccccc1. The Balaban J connectivity index is 1.18. The molecular formula is C29H31N5O3. The lowest BCUT2D eigenvalue weighted by Gasteiger charge is -2.32. The van der Waals surface area contributed by atoms with Gasteiger partial charge in [0.2, 0.25) is 5.91 Å². The van der Waals surface area contributed by atoms with E-state index in [0.29, 0.717) is 24.3 Å². The summed E-state index contributed by atoms with van der Waals surface area (Å²) in [4.78, 5) is 43.4. The minimum atomic E-state index is -0.239. The molecule has 1 fully saturated rings. The standard InChI is InChI=1S/C29H31N5O3/c1-20(21-9-3-2-4-10-21)30-28(36)23-11-5-6-12-24(23)31-27(35)19-33-17-15-22(16-18-33)34-26-14-8-7-13-25(26)32-29(34)37/h2-14,20,22H,15-19H2,1H3,(H,30,36)(H,31,35)(H,32,37)/t20-/m1/s1. The normalized spacial score (nSPS) is 15.4. The van der Waals surface area contributed by atoms with Gasteiger partial charge in [0, 0.05) is 19.1 Å². The van der Waals surface area contributed by atoms with E-state index in [1.807, 2.05) is 66.1 Å². The Morgan fingerprint density at radius 2 is 1.62 bits per heavy atom. The third-order valence-electron chi connectivity index (χ3n) is 7.01. The first-order valence-electron chi connectivity index (χ1n) is 12.7. The first-order chi connectivity index (χ1) is 18.0. The molecular weight excluding hydrogens is 466 g/mol. The number of piperidine rings is 1. The Kier molecular flexibility index (Phi) is 7.18. The van der Waals surface area contributed by atoms with Crippen molar-refractivity contribution in [3.63, 3.8) is 0 Å². The van der Waals surface area contributed by atoms with Gasteiger partial charge >= 0.3 is 5.69 Å². The zero-order chi connectivity index (χ0) is 25.8. The second-order valence-electron chi connectivity index (χ2n) is 9.52. The number of anilines is 1. The van der Waals surface area contributed by atoms with Gasteiger partial charge in [-0.05, 0) is 49.6 Å². The van der Waals surface area contributed by atoms with Crippen molar-refractivity contribution in [3.8, 4) is 0 Å². The maximum atomic E-state index is 13.0. The maximum Gasteiger partial charge on any atom is 0.326 e. The summed E-state index contributed by atoms with van der Waals surface area (Å²) < 4.78 is 1.85. The van der Waals surface area contributed by atoms with Crippen molar-refractivity contribution in [2.75, 3.05) is 25.0 Å². The molecule has 8 heteroatoms. The van der Waals surface area contributed by atoms with Gasteiger partial charge in [-0.15, -0.1) is 0 Å². The number of carbonyl (C=O) groups excluding carboxylic acids is 2. The summed E-state index contributed by atoms with van der Waals surface area (Å²) in [6.45, 7) is 3.58. The quantitative estimate of drug-likeness (QED) is 0.358. The minimum Gasteiger partial charge on any atom is -0.345 e. The molecule has 1 saturated heterocycles. The van der Waals surface area contributed by atoms with Gasteiger partial charge in [0.05, 0.1) is 34.9 Å². The summed E-state index contributed by atoms with van der Waals surface area (Å²) in [5.74, 6) is -0.406. The first kappa shape index (κ1) is 24.5. The summed E-state index contributed by atoms with van der Waals surface area (Å²) >= 11 is 0. The van der Waals surface area contributed by atoms with Crippen LogP contribution in [0, 0.1) is 0 Å². The molecule has 3 N–H and O–H groups in total. The van der Waals surface area contributed by atoms with E-state index in [-0.39, 0.29) is 36.1 Å². The van der Waals surface area contributed by atoms with Crippen LogP contribution >= 0.6 is 0 Å². The molecule has 0 spiro atoms. The van der Waals surface area contributed by atoms with Gasteiger partial charge < -0.3 is 15.6 Å². The van der Waals surface area contributed by atoms with E-state index >= 15 is 0 Å². The number of hydrogen-bond donors (Lipinski definition) is 3. The topological polar surface area (TPSA) is 99.2 Å². The summed E-state index contributed by atoms with van der Waals surface area (Å²) in [6, 6.07) is 24.5. The molecule has 37 heavy (non-hydrogen) atoms. The average Bonchev–Trinajstić information content (AvgIpc) is 3.25. The maximum absolute atomic E-state index is 13.0. The fourth-order valence-corrected chi connectivity index (χ4v) is 5.05. The number of rotatable bonds is 7. The lowest BCUT2D eigenvalue weighted by atomic mass is 10.0. The minimum absolute atomic E-state index is 0.0890. The van der Waals surface area contributed by atoms with E-state index in [2.05, 4.69) is 20.5 Å². The molecule has 0 saturated carbocycles. The number of carbonyl (C=O) groups is 2. The van der Waals surface area contributed by atoms with Crippen LogP contribution < -0.4 is 16.3 Å². The Labute approximate surface area is 215 Å². The van der Waals surface area contributed by atoms with Gasteiger partial charge in [0.1, 0.15) is 0 Å². The number of imidazole rings is 1. The molecule has 5 rings (SSSR count). The Hall–Kier alpha value is -4.17. The average molecular weight is 498 g/mol. The molecule has 0 unspecified atom stereocenters. The molecule has 0 aliphatic carbocycles. The Morgan fingerprint density at radius 3 is 2.41 bits per heavy atom. The fraction of sp³-hybridized carbons (Fsp3) is 0.276. The number of para-hydroxylation sites is 3. The molecule has 2 amide bonds. The van der Waals surface area contributed by atoms with Gasteiger partial charge in [0.15, 0.2) is 0 Å². The van der Waals surface area contributed by atoms with Crippen LogP contribution in [0.15, 0.2) is 83.7 Å². The van der Waals surface area contributed by atoms with Crippen LogP contribution in [-0.2, 0) is 4.79 Å². The fourth-order valence-electron chi connectivity index (χ4n) is 5.05. The van der Waals surface area contributed by atoms with Gasteiger partial charge in [-0.1, -0.05) is 54.6 Å². The van der Waals surface area contributed by atoms with Crippen LogP contribution in [0.1, 0.15) is 47.8 Å². The molecule has 1 aliphatic rings. The highest BCUT2D eigenvalue weighted by molar-refractivity contribution is 6.04. The molecule has 1 aliphatic heterocycles. The number of benzene rings is 3. The number of nitrogens with one attached hydrogen (secondary N) is 3. The number of hydrogen-bond acceptors (Lipinski definition) is 4. The summed E-state index contributed by atoms with van der Waals surface area (Å²) in [6.07, 6.45) is 1.57. The zero-order valence-electron chi connectivity index (χ0n) is 20.8. The summed E-state index contributed by atoms with van der Waals surface area (Å²) in [7, 11) is 0. The molecule has 190 valence electrons. The van der Waals surface area contributed by atoms with E-state index in [9.17, 15) is 14.4 Å². The predicted molar refractivity (Wildman–Crippen MR) is 145 cm³/mol. The molecule has 1 aromatic heterocycles. The molecule has 0 bridgehead atoms. The highest BCUT2D eigenvalue weighted by Crippen LogP contribution is 2.25. The summed E-state index contributed by atoms with van der Waals surface area (Å²) in [5, 5.41) is 5.93. The van der Waals surface area contributed by atoms with Gasteiger partial charge in [0.25, 0.3) is 5.91 Å². The van der Waals surface area contributed by atoms with E-state index in [1.54, 1.807) is 24.3 Å². The monoisotopic (exact) mass is 497 g/mol. The van der Waals surface area contributed by atoms with Crippen molar-refractivity contribution in [1.82, 2.24) is 19.8 Å². The molecule has 3 aromatic carbocycles. The second kappa shape index (κ2) is 10.8. The van der Waals surface area contributed by atoms with Crippen molar-refractivity contribution >= 4 is 28.5 Å². The number of fused-ring (bicyclic) bond motifs is 1. The lowest BCUT2D eigenvalue weighted by Crippen LogP contribution is -2.41. The van der Waals surface area contributed by atoms with Gasteiger partial charge in [-0.2, -0.15) is 0 Å². The number of likely N-dealkylation sites (tertiary alicyclic amines) is 1. The van der Waals surface area contributed by atoms with Crippen LogP contribution in [-0.4, -0.2) is 45.9 Å². The van der Waals surface area contributed by atoms with E-state index in [1.165, 1.54) is 0 Å². The number of aromatic amines is 1. The molecule has 2 heterocycles. The number of amides is 2. The van der Waals surface area contributed by atoms with E-state index in [4.69, 9.17) is 0 Å². The third-order valence-corrected chi connectivity index (χ3v) is 7.01. The number of aromatic nitrogens is 2. The van der Waals surface area contributed by atoms with Crippen molar-refractivity contribution in [3.05, 3.63) is 100 Å². The predicted octanol–water partition coefficient (Wildman–Crippen LogP) is 4.10. The lowest BCUT2D eigenvalue weighted by molar-refractivity contribution is -0.117. The van der Waals surface area contributed by atoms with Crippen molar-refractivity contribution < 1.29 is 9.59 Å². The molecule has 0 radical (unpaired) electrons. The smallest absolute Gasteiger partial charge is 0.326 e. The van der Waals surface area contributed by atoms with Crippen LogP contribution in [0.5, 0.6) is 0 Å². The highest BCUT2D eigenvalue weighted by Gasteiger charge is 2.25. The van der Waals surface area contributed by atoms with Crippen molar-refractivity contribution in [2.45, 2.75) is 31.8 Å². The third kappa shape index (κ3) is 5.49. The van der Waals surface area contributed by atoms with Crippen LogP contribution in [0.4, 0.5) is 5.69 Å². The number of H-pyrrole nitrogens is 1. The molecule has 8 nitrogen and oxygen atoms in total. The van der Waals surface area contributed by atoms with Crippen LogP contribution in [0.3, 0.4) is 0 Å². The van der Waals surface area contributed by atoms with Crippen LogP contribution in [0.25, 0.3) is 11.0 Å². The summed E-state index contributed by atoms with van der Waals surface area (Å²) in [5.41, 5.74) is 3.60. The van der Waals surface area contributed by atoms with Crippen LogP contribution in [0.2, 0.25) is 0 Å². The van der Waals surface area contributed by atoms with Crippen molar-refractivity contribution in [2.24, 2.45) is 0 Å². The highest BCUT2D eigenvalue weighted by atomic mass is 16.2. The second-order valence-corrected chi connectivity index (χ2v) is 9.52. The van der Waals surface area contributed by atoms with E-state index in [0.717, 1.165) is 29.4 Å². The van der Waals surface area contributed by atoms with Gasteiger partial charge in [-0.25, -0.2) is 4.79 Å². The van der Waals surface area contributed by atoms with Gasteiger partial charge in [-0.3, -0.25) is 19.1 Å².